The van der Waals surface area contributed by atoms with Crippen LogP contribution in [0.25, 0.3) is 5.69 Å². The molecule has 0 amide bonds. The predicted molar refractivity (Wildman–Crippen MR) is 95.8 cm³/mol. The molecule has 1 aromatic heterocycles. The number of rotatable bonds is 7. The van der Waals surface area contributed by atoms with Gasteiger partial charge in [0.1, 0.15) is 23.5 Å². The third-order valence-corrected chi connectivity index (χ3v) is 4.24. The zero-order valence-corrected chi connectivity index (χ0v) is 14.3. The van der Waals surface area contributed by atoms with Gasteiger partial charge in [-0.3, -0.25) is 9.29 Å². The van der Waals surface area contributed by atoms with Crippen molar-refractivity contribution >= 4 is 17.9 Å². The quantitative estimate of drug-likeness (QED) is 0.663. The van der Waals surface area contributed by atoms with Gasteiger partial charge in [-0.25, -0.2) is 0 Å². The Kier molecular flexibility index (Phi) is 5.22. The molecule has 0 unspecified atom stereocenters. The number of nitrogens with one attached hydrogen (secondary N) is 1. The van der Waals surface area contributed by atoms with Crippen molar-refractivity contribution < 1.29 is 9.47 Å². The van der Waals surface area contributed by atoms with Gasteiger partial charge in [0, 0.05) is 5.75 Å². The minimum atomic E-state index is 0.610. The lowest BCUT2D eigenvalue weighted by molar-refractivity contribution is 0.391. The molecule has 0 atom stereocenters. The molecule has 0 saturated carbocycles. The Morgan fingerprint density at radius 3 is 2.38 bits per heavy atom. The SMILES string of the molecule is COc1cccc(OC)c1-n1cnnc1NSCc1ccccc1. The summed E-state index contributed by atoms with van der Waals surface area (Å²) < 4.78 is 16.0. The molecule has 0 radical (unpaired) electrons. The van der Waals surface area contributed by atoms with Crippen LogP contribution in [0.2, 0.25) is 0 Å². The van der Waals surface area contributed by atoms with Crippen molar-refractivity contribution in [1.29, 1.82) is 0 Å². The number of benzene rings is 2. The standard InChI is InChI=1S/C17H18N4O2S/c1-22-14-9-6-10-15(23-2)16(14)21-12-18-19-17(21)20-24-11-13-7-4-3-5-8-13/h3-10,12H,11H2,1-2H3,(H,19,20). The van der Waals surface area contributed by atoms with Crippen LogP contribution in [0.4, 0.5) is 5.95 Å². The first-order valence-corrected chi connectivity index (χ1v) is 8.35. The molecule has 6 nitrogen and oxygen atoms in total. The Labute approximate surface area is 145 Å². The first-order valence-electron chi connectivity index (χ1n) is 7.36. The van der Waals surface area contributed by atoms with Crippen molar-refractivity contribution in [3.05, 3.63) is 60.4 Å². The summed E-state index contributed by atoms with van der Waals surface area (Å²) in [6.45, 7) is 0. The van der Waals surface area contributed by atoms with Crippen LogP contribution in [0.1, 0.15) is 5.56 Å². The summed E-state index contributed by atoms with van der Waals surface area (Å²) in [4.78, 5) is 0. The van der Waals surface area contributed by atoms with E-state index in [1.165, 1.54) is 5.56 Å². The maximum atomic E-state index is 5.45. The highest BCUT2D eigenvalue weighted by Crippen LogP contribution is 2.34. The van der Waals surface area contributed by atoms with Gasteiger partial charge >= 0.3 is 0 Å². The number of aromatic nitrogens is 3. The molecular weight excluding hydrogens is 324 g/mol. The average molecular weight is 342 g/mol. The fourth-order valence-electron chi connectivity index (χ4n) is 2.30. The Morgan fingerprint density at radius 1 is 1.00 bits per heavy atom. The van der Waals surface area contributed by atoms with Gasteiger partial charge in [0.25, 0.3) is 0 Å². The minimum absolute atomic E-state index is 0.610. The minimum Gasteiger partial charge on any atom is -0.494 e. The molecular formula is C17H18N4O2S. The lowest BCUT2D eigenvalue weighted by atomic mass is 10.2. The summed E-state index contributed by atoms with van der Waals surface area (Å²) >= 11 is 1.54. The average Bonchev–Trinajstić information content (AvgIpc) is 3.10. The van der Waals surface area contributed by atoms with Crippen LogP contribution in [-0.4, -0.2) is 29.0 Å². The summed E-state index contributed by atoms with van der Waals surface area (Å²) in [5.74, 6) is 2.80. The molecule has 1 N–H and O–H groups in total. The van der Waals surface area contributed by atoms with Gasteiger partial charge in [-0.1, -0.05) is 36.4 Å². The monoisotopic (exact) mass is 342 g/mol. The van der Waals surface area contributed by atoms with Gasteiger partial charge in [0.2, 0.25) is 5.95 Å². The molecule has 1 heterocycles. The third-order valence-electron chi connectivity index (χ3n) is 3.44. The number of hydrogen-bond acceptors (Lipinski definition) is 6. The van der Waals surface area contributed by atoms with E-state index in [2.05, 4.69) is 27.1 Å². The lowest BCUT2D eigenvalue weighted by Gasteiger charge is -2.15. The molecule has 3 rings (SSSR count). The Hall–Kier alpha value is -2.67. The van der Waals surface area contributed by atoms with E-state index in [1.807, 2.05) is 41.0 Å². The van der Waals surface area contributed by atoms with Crippen molar-refractivity contribution in [1.82, 2.24) is 14.8 Å². The maximum Gasteiger partial charge on any atom is 0.239 e. The number of methoxy groups -OCH3 is 2. The van der Waals surface area contributed by atoms with E-state index >= 15 is 0 Å². The molecule has 24 heavy (non-hydrogen) atoms. The third kappa shape index (κ3) is 3.46. The number of ether oxygens (including phenoxy) is 2. The molecule has 124 valence electrons. The van der Waals surface area contributed by atoms with Crippen molar-refractivity contribution in [2.75, 3.05) is 18.9 Å². The number of nitrogens with zero attached hydrogens (tertiary/aromatic N) is 3. The van der Waals surface area contributed by atoms with E-state index in [0.29, 0.717) is 17.4 Å². The molecule has 0 fully saturated rings. The number of anilines is 1. The lowest BCUT2D eigenvalue weighted by Crippen LogP contribution is -2.04. The smallest absolute Gasteiger partial charge is 0.239 e. The van der Waals surface area contributed by atoms with E-state index in [0.717, 1.165) is 11.4 Å². The Bertz CT molecular complexity index is 770. The summed E-state index contributed by atoms with van der Waals surface area (Å²) in [6.07, 6.45) is 1.63. The normalized spacial score (nSPS) is 10.4. The predicted octanol–water partition coefficient (Wildman–Crippen LogP) is 3.54. The van der Waals surface area contributed by atoms with Crippen molar-refractivity contribution in [3.8, 4) is 17.2 Å². The summed E-state index contributed by atoms with van der Waals surface area (Å²) in [7, 11) is 3.25. The van der Waals surface area contributed by atoms with Crippen LogP contribution in [-0.2, 0) is 5.75 Å². The van der Waals surface area contributed by atoms with Crippen LogP contribution in [0.15, 0.2) is 54.9 Å². The van der Waals surface area contributed by atoms with Crippen LogP contribution in [0.5, 0.6) is 11.5 Å². The van der Waals surface area contributed by atoms with Gasteiger partial charge in [-0.15, -0.1) is 10.2 Å². The second kappa shape index (κ2) is 7.74. The fraction of sp³-hybridized carbons (Fsp3) is 0.176. The van der Waals surface area contributed by atoms with E-state index in [1.54, 1.807) is 32.5 Å². The van der Waals surface area contributed by atoms with Gasteiger partial charge in [0.05, 0.1) is 14.2 Å². The zero-order valence-electron chi connectivity index (χ0n) is 13.5. The van der Waals surface area contributed by atoms with Crippen LogP contribution in [0, 0.1) is 0 Å². The molecule has 2 aromatic carbocycles. The fourth-order valence-corrected chi connectivity index (χ4v) is 3.00. The first kappa shape index (κ1) is 16.2. The van der Waals surface area contributed by atoms with Gasteiger partial charge in [-0.05, 0) is 29.6 Å². The molecule has 0 spiro atoms. The molecule has 0 aliphatic carbocycles. The second-order valence-corrected chi connectivity index (χ2v) is 5.69. The Balaban J connectivity index is 1.81. The van der Waals surface area contributed by atoms with Crippen molar-refractivity contribution in [2.24, 2.45) is 0 Å². The van der Waals surface area contributed by atoms with Crippen LogP contribution in [0.3, 0.4) is 0 Å². The van der Waals surface area contributed by atoms with E-state index in [-0.39, 0.29) is 0 Å². The van der Waals surface area contributed by atoms with Crippen LogP contribution >= 0.6 is 11.9 Å². The van der Waals surface area contributed by atoms with Crippen molar-refractivity contribution in [2.45, 2.75) is 5.75 Å². The summed E-state index contributed by atoms with van der Waals surface area (Å²) in [5.41, 5.74) is 1.99. The molecule has 0 saturated heterocycles. The second-order valence-electron chi connectivity index (χ2n) is 4.91. The van der Waals surface area contributed by atoms with Crippen LogP contribution < -0.4 is 14.2 Å². The highest BCUT2D eigenvalue weighted by Gasteiger charge is 2.16. The molecule has 0 aliphatic heterocycles. The topological polar surface area (TPSA) is 61.2 Å². The van der Waals surface area contributed by atoms with E-state index in [9.17, 15) is 0 Å². The van der Waals surface area contributed by atoms with Gasteiger partial charge in [-0.2, -0.15) is 0 Å². The Morgan fingerprint density at radius 2 is 1.71 bits per heavy atom. The highest BCUT2D eigenvalue weighted by atomic mass is 32.2. The summed E-state index contributed by atoms with van der Waals surface area (Å²) in [5, 5.41) is 8.15. The van der Waals surface area contributed by atoms with E-state index < -0.39 is 0 Å². The van der Waals surface area contributed by atoms with E-state index in [4.69, 9.17) is 9.47 Å². The molecule has 0 bridgehead atoms. The zero-order chi connectivity index (χ0) is 16.8. The molecule has 0 aliphatic rings. The van der Waals surface area contributed by atoms with Gasteiger partial charge in [0.15, 0.2) is 0 Å². The van der Waals surface area contributed by atoms with Crippen molar-refractivity contribution in [3.63, 3.8) is 0 Å². The summed E-state index contributed by atoms with van der Waals surface area (Å²) in [6, 6.07) is 15.9. The number of para-hydroxylation sites is 1. The largest absolute Gasteiger partial charge is 0.494 e. The van der Waals surface area contributed by atoms with Gasteiger partial charge < -0.3 is 9.47 Å². The number of hydrogen-bond donors (Lipinski definition) is 1. The highest BCUT2D eigenvalue weighted by molar-refractivity contribution is 7.99. The first-order chi connectivity index (χ1) is 11.8. The maximum absolute atomic E-state index is 5.45. The molecule has 3 aromatic rings. The molecule has 7 heteroatoms.